The summed E-state index contributed by atoms with van der Waals surface area (Å²) in [5.41, 5.74) is 2.71. The number of hydrogen-bond acceptors (Lipinski definition) is 5. The lowest BCUT2D eigenvalue weighted by Gasteiger charge is -2.10. The van der Waals surface area contributed by atoms with Gasteiger partial charge in [-0.3, -0.25) is 0 Å². The molecule has 0 aliphatic heterocycles. The van der Waals surface area contributed by atoms with Crippen LogP contribution >= 0.6 is 0 Å². The first-order valence-corrected chi connectivity index (χ1v) is 7.03. The highest BCUT2D eigenvalue weighted by Crippen LogP contribution is 2.14. The number of aryl methyl sites for hydroxylation is 1. The van der Waals surface area contributed by atoms with E-state index in [-0.39, 0.29) is 0 Å². The summed E-state index contributed by atoms with van der Waals surface area (Å²) in [5.74, 6) is 1.45. The molecule has 0 unspecified atom stereocenters. The molecule has 1 heterocycles. The maximum Gasteiger partial charge on any atom is 0.224 e. The van der Waals surface area contributed by atoms with E-state index in [2.05, 4.69) is 33.6 Å². The number of aromatic nitrogens is 2. The molecule has 2 aromatic rings. The molecule has 5 heteroatoms. The van der Waals surface area contributed by atoms with Crippen LogP contribution in [0, 0.1) is 18.3 Å². The van der Waals surface area contributed by atoms with Crippen LogP contribution in [0.15, 0.2) is 30.5 Å². The molecule has 108 valence electrons. The number of nitrogens with one attached hydrogen (secondary N) is 2. The Bertz CT molecular complexity index is 645. The second kappa shape index (κ2) is 7.25. The lowest BCUT2D eigenvalue weighted by Crippen LogP contribution is -2.09. The molecule has 0 aliphatic carbocycles. The predicted octanol–water partition coefficient (Wildman–Crippen LogP) is 3.09. The van der Waals surface area contributed by atoms with Gasteiger partial charge in [0.1, 0.15) is 5.82 Å². The number of benzene rings is 1. The van der Waals surface area contributed by atoms with Gasteiger partial charge in [-0.15, -0.1) is 0 Å². The van der Waals surface area contributed by atoms with E-state index in [9.17, 15) is 0 Å². The van der Waals surface area contributed by atoms with Crippen molar-refractivity contribution in [3.63, 3.8) is 0 Å². The van der Waals surface area contributed by atoms with Crippen molar-refractivity contribution < 1.29 is 0 Å². The average Bonchev–Trinajstić information content (AvgIpc) is 2.53. The van der Waals surface area contributed by atoms with Crippen LogP contribution in [-0.4, -0.2) is 16.5 Å². The topological polar surface area (TPSA) is 73.6 Å². The minimum absolute atomic E-state index is 0.626. The zero-order chi connectivity index (χ0) is 15.1. The molecule has 0 fully saturated rings. The van der Waals surface area contributed by atoms with E-state index in [1.54, 1.807) is 12.3 Å². The lowest BCUT2D eigenvalue weighted by molar-refractivity contribution is 0.947. The number of nitriles is 1. The SMILES string of the molecule is CCCNc1ncc(C)c(NCc2cccc(C#N)c2)n1. The highest BCUT2D eigenvalue weighted by atomic mass is 15.1. The maximum atomic E-state index is 8.91. The van der Waals surface area contributed by atoms with E-state index in [1.807, 2.05) is 25.1 Å². The molecule has 2 rings (SSSR count). The Balaban J connectivity index is 2.06. The fourth-order valence-corrected chi connectivity index (χ4v) is 1.88. The number of hydrogen-bond donors (Lipinski definition) is 2. The van der Waals surface area contributed by atoms with Crippen molar-refractivity contribution in [1.82, 2.24) is 9.97 Å². The number of nitrogens with zero attached hydrogens (tertiary/aromatic N) is 3. The number of rotatable bonds is 6. The first kappa shape index (κ1) is 14.8. The fraction of sp³-hybridized carbons (Fsp3) is 0.312. The highest BCUT2D eigenvalue weighted by molar-refractivity contribution is 5.47. The van der Waals surface area contributed by atoms with Crippen molar-refractivity contribution >= 4 is 11.8 Å². The zero-order valence-electron chi connectivity index (χ0n) is 12.3. The molecule has 5 nitrogen and oxygen atoms in total. The summed E-state index contributed by atoms with van der Waals surface area (Å²) in [6.07, 6.45) is 2.83. The number of anilines is 2. The molecule has 0 aliphatic rings. The van der Waals surface area contributed by atoms with Crippen molar-refractivity contribution in [2.45, 2.75) is 26.8 Å². The van der Waals surface area contributed by atoms with Gasteiger partial charge >= 0.3 is 0 Å². The largest absolute Gasteiger partial charge is 0.366 e. The third-order valence-electron chi connectivity index (χ3n) is 3.02. The molecule has 21 heavy (non-hydrogen) atoms. The minimum Gasteiger partial charge on any atom is -0.366 e. The van der Waals surface area contributed by atoms with Crippen molar-refractivity contribution in [3.8, 4) is 6.07 Å². The molecule has 0 saturated carbocycles. The minimum atomic E-state index is 0.626. The third kappa shape index (κ3) is 4.18. The molecule has 0 radical (unpaired) electrons. The standard InChI is InChI=1S/C16H19N5/c1-3-7-18-16-20-10-12(2)15(21-16)19-11-14-6-4-5-13(8-14)9-17/h4-6,8,10H,3,7,11H2,1-2H3,(H2,18,19,20,21). The van der Waals surface area contributed by atoms with Crippen LogP contribution < -0.4 is 10.6 Å². The van der Waals surface area contributed by atoms with Gasteiger partial charge in [0.05, 0.1) is 11.6 Å². The second-order valence-corrected chi connectivity index (χ2v) is 4.82. The van der Waals surface area contributed by atoms with Crippen molar-refractivity contribution in [1.29, 1.82) is 5.26 Å². The zero-order valence-corrected chi connectivity index (χ0v) is 12.3. The van der Waals surface area contributed by atoms with Gasteiger partial charge in [-0.25, -0.2) is 4.98 Å². The molecule has 1 aromatic carbocycles. The quantitative estimate of drug-likeness (QED) is 0.851. The summed E-state index contributed by atoms with van der Waals surface area (Å²) < 4.78 is 0. The Morgan fingerprint density at radius 3 is 2.90 bits per heavy atom. The van der Waals surface area contributed by atoms with E-state index in [0.717, 1.165) is 29.9 Å². The van der Waals surface area contributed by atoms with Crippen molar-refractivity contribution in [2.75, 3.05) is 17.2 Å². The molecule has 0 saturated heterocycles. The van der Waals surface area contributed by atoms with Gasteiger partial charge in [-0.05, 0) is 31.0 Å². The normalized spacial score (nSPS) is 9.95. The first-order chi connectivity index (χ1) is 10.2. The summed E-state index contributed by atoms with van der Waals surface area (Å²) in [4.78, 5) is 8.72. The van der Waals surface area contributed by atoms with E-state index in [1.165, 1.54) is 0 Å². The Kier molecular flexibility index (Phi) is 5.10. The Morgan fingerprint density at radius 2 is 2.14 bits per heavy atom. The molecular formula is C16H19N5. The molecular weight excluding hydrogens is 262 g/mol. The van der Waals surface area contributed by atoms with Crippen LogP contribution in [0.2, 0.25) is 0 Å². The predicted molar refractivity (Wildman–Crippen MR) is 84.0 cm³/mol. The summed E-state index contributed by atoms with van der Waals surface area (Å²) in [5, 5.41) is 15.4. The van der Waals surface area contributed by atoms with Crippen LogP contribution in [-0.2, 0) is 6.54 Å². The van der Waals surface area contributed by atoms with Gasteiger partial charge in [-0.2, -0.15) is 10.2 Å². The van der Waals surface area contributed by atoms with E-state index in [0.29, 0.717) is 18.1 Å². The third-order valence-corrected chi connectivity index (χ3v) is 3.02. The first-order valence-electron chi connectivity index (χ1n) is 7.03. The van der Waals surface area contributed by atoms with Gasteiger partial charge in [-0.1, -0.05) is 19.1 Å². The average molecular weight is 281 g/mol. The highest BCUT2D eigenvalue weighted by Gasteiger charge is 2.04. The van der Waals surface area contributed by atoms with Crippen molar-refractivity contribution in [2.24, 2.45) is 0 Å². The van der Waals surface area contributed by atoms with Crippen LogP contribution in [0.5, 0.6) is 0 Å². The monoisotopic (exact) mass is 281 g/mol. The van der Waals surface area contributed by atoms with E-state index in [4.69, 9.17) is 5.26 Å². The van der Waals surface area contributed by atoms with Crippen molar-refractivity contribution in [3.05, 3.63) is 47.2 Å². The van der Waals surface area contributed by atoms with Gasteiger partial charge in [0, 0.05) is 24.8 Å². The van der Waals surface area contributed by atoms with Gasteiger partial charge in [0.15, 0.2) is 0 Å². The van der Waals surface area contributed by atoms with Crippen LogP contribution in [0.25, 0.3) is 0 Å². The van der Waals surface area contributed by atoms with Crippen LogP contribution in [0.1, 0.15) is 30.0 Å². The van der Waals surface area contributed by atoms with Gasteiger partial charge < -0.3 is 10.6 Å². The molecule has 0 bridgehead atoms. The molecule has 0 spiro atoms. The molecule has 0 amide bonds. The Hall–Kier alpha value is -2.61. The van der Waals surface area contributed by atoms with Gasteiger partial charge in [0.2, 0.25) is 5.95 Å². The molecule has 2 N–H and O–H groups in total. The van der Waals surface area contributed by atoms with E-state index < -0.39 is 0 Å². The summed E-state index contributed by atoms with van der Waals surface area (Å²) in [6, 6.07) is 9.69. The second-order valence-electron chi connectivity index (χ2n) is 4.82. The summed E-state index contributed by atoms with van der Waals surface area (Å²) in [7, 11) is 0. The Labute approximate surface area is 125 Å². The molecule has 1 aromatic heterocycles. The fourth-order valence-electron chi connectivity index (χ4n) is 1.88. The summed E-state index contributed by atoms with van der Waals surface area (Å²) in [6.45, 7) is 5.55. The summed E-state index contributed by atoms with van der Waals surface area (Å²) >= 11 is 0. The van der Waals surface area contributed by atoms with Crippen LogP contribution in [0.4, 0.5) is 11.8 Å². The maximum absolute atomic E-state index is 8.91. The van der Waals surface area contributed by atoms with E-state index >= 15 is 0 Å². The van der Waals surface area contributed by atoms with Gasteiger partial charge in [0.25, 0.3) is 0 Å². The Morgan fingerprint density at radius 1 is 1.29 bits per heavy atom. The van der Waals surface area contributed by atoms with Crippen LogP contribution in [0.3, 0.4) is 0 Å². The smallest absolute Gasteiger partial charge is 0.224 e. The molecule has 0 atom stereocenters. The lowest BCUT2D eigenvalue weighted by atomic mass is 10.1.